The van der Waals surface area contributed by atoms with E-state index < -0.39 is 0 Å². The zero-order valence-electron chi connectivity index (χ0n) is 11.4. The number of fused-ring (bicyclic) bond motifs is 1. The van der Waals surface area contributed by atoms with Crippen LogP contribution in [0.15, 0.2) is 22.7 Å². The Bertz CT molecular complexity index is 573. The highest BCUT2D eigenvalue weighted by molar-refractivity contribution is 9.10. The number of amides is 2. The minimum atomic E-state index is -0.259. The van der Waals surface area contributed by atoms with Crippen LogP contribution >= 0.6 is 15.9 Å². The van der Waals surface area contributed by atoms with Crippen LogP contribution in [-0.2, 0) is 9.59 Å². The maximum atomic E-state index is 12.7. The molecule has 0 radical (unpaired) electrons. The Labute approximate surface area is 126 Å². The monoisotopic (exact) mass is 336 g/mol. The van der Waals surface area contributed by atoms with E-state index >= 15 is 0 Å². The van der Waals surface area contributed by atoms with Crippen LogP contribution in [0.4, 0.5) is 5.69 Å². The summed E-state index contributed by atoms with van der Waals surface area (Å²) in [5.41, 5.74) is 2.00. The van der Waals surface area contributed by atoms with Crippen molar-refractivity contribution in [2.75, 3.05) is 18.0 Å². The van der Waals surface area contributed by atoms with Gasteiger partial charge in [0.25, 0.3) is 0 Å². The van der Waals surface area contributed by atoms with Gasteiger partial charge < -0.3 is 9.80 Å². The van der Waals surface area contributed by atoms with Gasteiger partial charge in [-0.2, -0.15) is 0 Å². The molecule has 0 aliphatic carbocycles. The minimum Gasteiger partial charge on any atom is -0.331 e. The first kappa shape index (κ1) is 13.6. The second-order valence-electron chi connectivity index (χ2n) is 5.42. The predicted molar refractivity (Wildman–Crippen MR) is 80.6 cm³/mol. The molecule has 106 valence electrons. The molecule has 4 nitrogen and oxygen atoms in total. The number of hydrogen-bond acceptors (Lipinski definition) is 2. The first-order valence-corrected chi connectivity index (χ1v) is 7.74. The van der Waals surface area contributed by atoms with Gasteiger partial charge in [0.05, 0.1) is 0 Å². The number of carbonyl (C=O) groups excluding carboxylic acids is 2. The lowest BCUT2D eigenvalue weighted by atomic mass is 10.1. The smallest absolute Gasteiger partial charge is 0.249 e. The Morgan fingerprint density at radius 1 is 1.25 bits per heavy atom. The third-order valence-corrected chi connectivity index (χ3v) is 4.99. The molecule has 5 heteroatoms. The second kappa shape index (κ2) is 5.20. The number of rotatable bonds is 1. The SMILES string of the molecule is Cc1ccc(N2CCC(=O)N3CCCC3C2=O)cc1Br. The first-order chi connectivity index (χ1) is 9.58. The Morgan fingerprint density at radius 3 is 2.80 bits per heavy atom. The summed E-state index contributed by atoms with van der Waals surface area (Å²) in [5, 5.41) is 0. The molecule has 0 N–H and O–H groups in total. The fourth-order valence-electron chi connectivity index (χ4n) is 2.97. The standard InChI is InChI=1S/C15H17BrN2O2/c1-10-4-5-11(9-12(10)16)17-8-6-14(19)18-7-2-3-13(18)15(17)20/h4-5,9,13H,2-3,6-8H2,1H3. The van der Waals surface area contributed by atoms with Crippen LogP contribution in [0.5, 0.6) is 0 Å². The maximum absolute atomic E-state index is 12.7. The van der Waals surface area contributed by atoms with E-state index in [2.05, 4.69) is 15.9 Å². The number of benzene rings is 1. The topological polar surface area (TPSA) is 40.6 Å². The molecule has 20 heavy (non-hydrogen) atoms. The van der Waals surface area contributed by atoms with Crippen LogP contribution in [0.25, 0.3) is 0 Å². The predicted octanol–water partition coefficient (Wildman–Crippen LogP) is 2.49. The molecule has 1 atom stereocenters. The number of anilines is 1. The Kier molecular flexibility index (Phi) is 3.54. The molecule has 1 unspecified atom stereocenters. The lowest BCUT2D eigenvalue weighted by Crippen LogP contribution is -2.43. The third kappa shape index (κ3) is 2.24. The highest BCUT2D eigenvalue weighted by Gasteiger charge is 2.39. The van der Waals surface area contributed by atoms with Gasteiger partial charge in [0.15, 0.2) is 0 Å². The van der Waals surface area contributed by atoms with Crippen LogP contribution in [0.3, 0.4) is 0 Å². The van der Waals surface area contributed by atoms with E-state index in [1.165, 1.54) is 0 Å². The van der Waals surface area contributed by atoms with Crippen molar-refractivity contribution in [2.24, 2.45) is 0 Å². The van der Waals surface area contributed by atoms with Crippen LogP contribution in [0, 0.1) is 6.92 Å². The minimum absolute atomic E-state index is 0.0594. The summed E-state index contributed by atoms with van der Waals surface area (Å²) in [5.74, 6) is 0.165. The largest absolute Gasteiger partial charge is 0.331 e. The third-order valence-electron chi connectivity index (χ3n) is 4.14. The molecule has 1 aromatic rings. The summed E-state index contributed by atoms with van der Waals surface area (Å²) in [6.07, 6.45) is 2.12. The Balaban J connectivity index is 1.94. The molecule has 0 aromatic heterocycles. The molecule has 1 aromatic carbocycles. The molecule has 2 fully saturated rings. The zero-order chi connectivity index (χ0) is 14.3. The van der Waals surface area contributed by atoms with Crippen molar-refractivity contribution in [2.45, 2.75) is 32.2 Å². The molecule has 2 saturated heterocycles. The summed E-state index contributed by atoms with van der Waals surface area (Å²) < 4.78 is 0.988. The van der Waals surface area contributed by atoms with Gasteiger partial charge in [0.1, 0.15) is 6.04 Å². The first-order valence-electron chi connectivity index (χ1n) is 6.95. The van der Waals surface area contributed by atoms with Crippen molar-refractivity contribution in [3.8, 4) is 0 Å². The number of aryl methyl sites for hydroxylation is 1. The fourth-order valence-corrected chi connectivity index (χ4v) is 3.34. The number of carbonyl (C=O) groups is 2. The van der Waals surface area contributed by atoms with Gasteiger partial charge in [0, 0.05) is 29.7 Å². The average Bonchev–Trinajstić information content (AvgIpc) is 2.87. The molecule has 0 saturated carbocycles. The van der Waals surface area contributed by atoms with Crippen molar-refractivity contribution < 1.29 is 9.59 Å². The van der Waals surface area contributed by atoms with Gasteiger partial charge in [-0.1, -0.05) is 22.0 Å². The molecule has 2 heterocycles. The quantitative estimate of drug-likeness (QED) is 0.790. The van der Waals surface area contributed by atoms with Crippen LogP contribution in [0.2, 0.25) is 0 Å². The average molecular weight is 337 g/mol. The van der Waals surface area contributed by atoms with Gasteiger partial charge in [0.2, 0.25) is 11.8 Å². The molecule has 3 rings (SSSR count). The van der Waals surface area contributed by atoms with Crippen molar-refractivity contribution >= 4 is 33.4 Å². The van der Waals surface area contributed by atoms with E-state index in [1.54, 1.807) is 9.80 Å². The van der Waals surface area contributed by atoms with Gasteiger partial charge in [-0.25, -0.2) is 0 Å². The fraction of sp³-hybridized carbons (Fsp3) is 0.467. The Morgan fingerprint density at radius 2 is 2.05 bits per heavy atom. The molecule has 2 amide bonds. The van der Waals surface area contributed by atoms with E-state index in [0.717, 1.165) is 35.1 Å². The molecule has 2 aliphatic heterocycles. The summed E-state index contributed by atoms with van der Waals surface area (Å²) in [7, 11) is 0. The zero-order valence-corrected chi connectivity index (χ0v) is 13.0. The van der Waals surface area contributed by atoms with Crippen molar-refractivity contribution in [3.63, 3.8) is 0 Å². The Hall–Kier alpha value is -1.36. The van der Waals surface area contributed by atoms with Crippen molar-refractivity contribution in [3.05, 3.63) is 28.2 Å². The lowest BCUT2D eigenvalue weighted by Gasteiger charge is -2.25. The molecular formula is C15H17BrN2O2. The van der Waals surface area contributed by atoms with Crippen molar-refractivity contribution in [1.82, 2.24) is 4.90 Å². The molecule has 2 aliphatic rings. The normalized spacial score (nSPS) is 23.0. The highest BCUT2D eigenvalue weighted by atomic mass is 79.9. The molecule has 0 spiro atoms. The van der Waals surface area contributed by atoms with E-state index in [1.807, 2.05) is 25.1 Å². The van der Waals surface area contributed by atoms with Crippen LogP contribution in [0.1, 0.15) is 24.8 Å². The van der Waals surface area contributed by atoms with Crippen LogP contribution in [-0.4, -0.2) is 35.8 Å². The molecule has 0 bridgehead atoms. The summed E-state index contributed by atoms with van der Waals surface area (Å²) >= 11 is 3.51. The summed E-state index contributed by atoms with van der Waals surface area (Å²) in [4.78, 5) is 28.3. The van der Waals surface area contributed by atoms with Crippen molar-refractivity contribution in [1.29, 1.82) is 0 Å². The second-order valence-corrected chi connectivity index (χ2v) is 6.27. The summed E-state index contributed by atoms with van der Waals surface area (Å²) in [6, 6.07) is 5.64. The molecular weight excluding hydrogens is 320 g/mol. The van der Waals surface area contributed by atoms with E-state index in [4.69, 9.17) is 0 Å². The van der Waals surface area contributed by atoms with Gasteiger partial charge in [-0.3, -0.25) is 9.59 Å². The number of nitrogens with zero attached hydrogens (tertiary/aromatic N) is 2. The highest BCUT2D eigenvalue weighted by Crippen LogP contribution is 2.29. The number of hydrogen-bond donors (Lipinski definition) is 0. The van der Waals surface area contributed by atoms with E-state index in [0.29, 0.717) is 13.0 Å². The number of halogens is 1. The van der Waals surface area contributed by atoms with Gasteiger partial charge >= 0.3 is 0 Å². The maximum Gasteiger partial charge on any atom is 0.249 e. The van der Waals surface area contributed by atoms with E-state index in [9.17, 15) is 9.59 Å². The van der Waals surface area contributed by atoms with Gasteiger partial charge in [-0.05, 0) is 37.5 Å². The van der Waals surface area contributed by atoms with E-state index in [-0.39, 0.29) is 17.9 Å². The summed E-state index contributed by atoms with van der Waals surface area (Å²) in [6.45, 7) is 3.21. The lowest BCUT2D eigenvalue weighted by molar-refractivity contribution is -0.135. The van der Waals surface area contributed by atoms with Gasteiger partial charge in [-0.15, -0.1) is 0 Å². The van der Waals surface area contributed by atoms with Crippen LogP contribution < -0.4 is 4.90 Å².